The van der Waals surface area contributed by atoms with Crippen molar-refractivity contribution in [2.45, 2.75) is 19.9 Å². The standard InChI is InChI=1S/C20H19N5/c1-14-3-8-19-18(11-14)20(9-10-22-19)24-15(2)16-4-6-17(7-5-16)25-13-21-12-23-25/h3-13,15H,1-2H3,(H,22,24). The number of nitrogens with one attached hydrogen (secondary N) is 1. The van der Waals surface area contributed by atoms with Gasteiger partial charge in [-0.3, -0.25) is 4.98 Å². The second-order valence-electron chi connectivity index (χ2n) is 6.18. The summed E-state index contributed by atoms with van der Waals surface area (Å²) in [5.41, 5.74) is 5.54. The minimum atomic E-state index is 0.177. The quantitative estimate of drug-likeness (QED) is 0.606. The smallest absolute Gasteiger partial charge is 0.138 e. The first-order valence-corrected chi connectivity index (χ1v) is 8.27. The number of fused-ring (bicyclic) bond motifs is 1. The fourth-order valence-electron chi connectivity index (χ4n) is 2.96. The molecule has 0 saturated carbocycles. The molecule has 4 aromatic rings. The van der Waals surface area contributed by atoms with Crippen LogP contribution in [-0.4, -0.2) is 19.7 Å². The van der Waals surface area contributed by atoms with Crippen molar-refractivity contribution in [1.82, 2.24) is 19.7 Å². The van der Waals surface area contributed by atoms with Crippen LogP contribution >= 0.6 is 0 Å². The van der Waals surface area contributed by atoms with Crippen LogP contribution in [0.15, 0.2) is 67.4 Å². The average Bonchev–Trinajstić information content (AvgIpc) is 3.17. The van der Waals surface area contributed by atoms with E-state index in [9.17, 15) is 0 Å². The highest BCUT2D eigenvalue weighted by Gasteiger charge is 2.09. The molecule has 0 aliphatic carbocycles. The number of aryl methyl sites for hydroxylation is 1. The second kappa shape index (κ2) is 6.36. The maximum atomic E-state index is 4.45. The number of nitrogens with zero attached hydrogens (tertiary/aromatic N) is 4. The third kappa shape index (κ3) is 3.08. The van der Waals surface area contributed by atoms with Crippen LogP contribution in [0.4, 0.5) is 5.69 Å². The van der Waals surface area contributed by atoms with E-state index in [4.69, 9.17) is 0 Å². The second-order valence-corrected chi connectivity index (χ2v) is 6.18. The Morgan fingerprint density at radius 2 is 1.88 bits per heavy atom. The van der Waals surface area contributed by atoms with Crippen molar-refractivity contribution in [3.8, 4) is 5.69 Å². The number of benzene rings is 2. The molecule has 0 saturated heterocycles. The summed E-state index contributed by atoms with van der Waals surface area (Å²) >= 11 is 0. The van der Waals surface area contributed by atoms with Gasteiger partial charge in [0.1, 0.15) is 12.7 Å². The zero-order chi connectivity index (χ0) is 17.2. The van der Waals surface area contributed by atoms with Crippen LogP contribution in [0.5, 0.6) is 0 Å². The lowest BCUT2D eigenvalue weighted by Gasteiger charge is -2.18. The van der Waals surface area contributed by atoms with Crippen molar-refractivity contribution in [2.24, 2.45) is 0 Å². The lowest BCUT2D eigenvalue weighted by atomic mass is 10.1. The fraction of sp³-hybridized carbons (Fsp3) is 0.150. The number of hydrogen-bond acceptors (Lipinski definition) is 4. The van der Waals surface area contributed by atoms with Crippen molar-refractivity contribution in [2.75, 3.05) is 5.32 Å². The molecule has 0 amide bonds. The van der Waals surface area contributed by atoms with Crippen LogP contribution in [0.3, 0.4) is 0 Å². The van der Waals surface area contributed by atoms with Gasteiger partial charge in [0.25, 0.3) is 0 Å². The molecule has 1 atom stereocenters. The maximum absolute atomic E-state index is 4.45. The molecule has 1 unspecified atom stereocenters. The van der Waals surface area contributed by atoms with Gasteiger partial charge in [-0.05, 0) is 49.7 Å². The van der Waals surface area contributed by atoms with Crippen molar-refractivity contribution >= 4 is 16.6 Å². The van der Waals surface area contributed by atoms with Crippen molar-refractivity contribution in [3.63, 3.8) is 0 Å². The first-order valence-electron chi connectivity index (χ1n) is 8.27. The fourth-order valence-corrected chi connectivity index (χ4v) is 2.96. The molecule has 0 bridgehead atoms. The molecule has 1 N–H and O–H groups in total. The minimum absolute atomic E-state index is 0.177. The van der Waals surface area contributed by atoms with Gasteiger partial charge >= 0.3 is 0 Å². The Balaban J connectivity index is 1.60. The van der Waals surface area contributed by atoms with E-state index < -0.39 is 0 Å². The molecule has 0 aliphatic rings. The molecule has 5 heteroatoms. The molecule has 0 spiro atoms. The SMILES string of the molecule is Cc1ccc2nccc(NC(C)c3ccc(-n4cncn4)cc3)c2c1. The Morgan fingerprint density at radius 3 is 2.64 bits per heavy atom. The summed E-state index contributed by atoms with van der Waals surface area (Å²) in [5, 5.41) is 8.91. The van der Waals surface area contributed by atoms with Crippen LogP contribution < -0.4 is 5.32 Å². The number of anilines is 1. The van der Waals surface area contributed by atoms with Crippen LogP contribution in [0.25, 0.3) is 16.6 Å². The van der Waals surface area contributed by atoms with Gasteiger partial charge < -0.3 is 5.32 Å². The average molecular weight is 329 g/mol. The van der Waals surface area contributed by atoms with Crippen LogP contribution in [0.2, 0.25) is 0 Å². The normalized spacial score (nSPS) is 12.2. The number of hydrogen-bond donors (Lipinski definition) is 1. The van der Waals surface area contributed by atoms with Crippen LogP contribution in [0, 0.1) is 6.92 Å². The molecule has 0 aliphatic heterocycles. The lowest BCUT2D eigenvalue weighted by molar-refractivity contribution is 0.863. The summed E-state index contributed by atoms with van der Waals surface area (Å²) in [6.45, 7) is 4.26. The van der Waals surface area contributed by atoms with E-state index >= 15 is 0 Å². The summed E-state index contributed by atoms with van der Waals surface area (Å²) in [4.78, 5) is 8.43. The van der Waals surface area contributed by atoms with Crippen molar-refractivity contribution in [3.05, 3.63) is 78.5 Å². The predicted molar refractivity (Wildman–Crippen MR) is 99.9 cm³/mol. The molecule has 0 fully saturated rings. The van der Waals surface area contributed by atoms with Crippen LogP contribution in [0.1, 0.15) is 24.1 Å². The van der Waals surface area contributed by atoms with E-state index in [1.165, 1.54) is 17.5 Å². The summed E-state index contributed by atoms with van der Waals surface area (Å²) in [6, 6.07) is 16.9. The molecular weight excluding hydrogens is 310 g/mol. The summed E-state index contributed by atoms with van der Waals surface area (Å²) in [7, 11) is 0. The zero-order valence-electron chi connectivity index (χ0n) is 14.2. The lowest BCUT2D eigenvalue weighted by Crippen LogP contribution is -2.07. The Kier molecular flexibility index (Phi) is 3.90. The largest absolute Gasteiger partial charge is 0.378 e. The Morgan fingerprint density at radius 1 is 1.04 bits per heavy atom. The van der Waals surface area contributed by atoms with E-state index in [1.807, 2.05) is 12.3 Å². The molecule has 2 aromatic carbocycles. The third-order valence-electron chi connectivity index (χ3n) is 4.35. The molecule has 5 nitrogen and oxygen atoms in total. The Labute approximate surface area is 146 Å². The van der Waals surface area contributed by atoms with E-state index in [1.54, 1.807) is 11.0 Å². The van der Waals surface area contributed by atoms with Gasteiger partial charge in [0.2, 0.25) is 0 Å². The monoisotopic (exact) mass is 329 g/mol. The highest BCUT2D eigenvalue weighted by atomic mass is 15.3. The molecule has 124 valence electrons. The number of aromatic nitrogens is 4. The third-order valence-corrected chi connectivity index (χ3v) is 4.35. The molecule has 2 aromatic heterocycles. The van der Waals surface area contributed by atoms with Gasteiger partial charge in [-0.2, -0.15) is 5.10 Å². The maximum Gasteiger partial charge on any atom is 0.138 e. The van der Waals surface area contributed by atoms with E-state index in [0.717, 1.165) is 22.3 Å². The number of rotatable bonds is 4. The Bertz CT molecular complexity index is 990. The van der Waals surface area contributed by atoms with Gasteiger partial charge in [-0.1, -0.05) is 23.8 Å². The van der Waals surface area contributed by atoms with Gasteiger partial charge in [0, 0.05) is 23.3 Å². The van der Waals surface area contributed by atoms with E-state index in [2.05, 4.69) is 76.7 Å². The zero-order valence-corrected chi connectivity index (χ0v) is 14.2. The highest BCUT2D eigenvalue weighted by molar-refractivity contribution is 5.91. The predicted octanol–water partition coefficient (Wildman–Crippen LogP) is 4.30. The molecular formula is C20H19N5. The minimum Gasteiger partial charge on any atom is -0.378 e. The van der Waals surface area contributed by atoms with Gasteiger partial charge in [-0.15, -0.1) is 0 Å². The number of pyridine rings is 1. The first kappa shape index (κ1) is 15.3. The summed E-state index contributed by atoms with van der Waals surface area (Å²) in [6.07, 6.45) is 5.08. The first-order chi connectivity index (χ1) is 12.2. The summed E-state index contributed by atoms with van der Waals surface area (Å²) in [5.74, 6) is 0. The van der Waals surface area contributed by atoms with Gasteiger partial charge in [-0.25, -0.2) is 9.67 Å². The molecule has 0 radical (unpaired) electrons. The van der Waals surface area contributed by atoms with Crippen molar-refractivity contribution < 1.29 is 0 Å². The molecule has 25 heavy (non-hydrogen) atoms. The molecule has 2 heterocycles. The molecule has 4 rings (SSSR count). The van der Waals surface area contributed by atoms with Gasteiger partial charge in [0.05, 0.1) is 11.2 Å². The van der Waals surface area contributed by atoms with Gasteiger partial charge in [0.15, 0.2) is 0 Å². The van der Waals surface area contributed by atoms with E-state index in [0.29, 0.717) is 0 Å². The summed E-state index contributed by atoms with van der Waals surface area (Å²) < 4.78 is 1.75. The van der Waals surface area contributed by atoms with Crippen molar-refractivity contribution in [1.29, 1.82) is 0 Å². The van der Waals surface area contributed by atoms with Crippen LogP contribution in [-0.2, 0) is 0 Å². The highest BCUT2D eigenvalue weighted by Crippen LogP contribution is 2.27. The topological polar surface area (TPSA) is 55.6 Å². The Hall–Kier alpha value is -3.21. The van der Waals surface area contributed by atoms with E-state index in [-0.39, 0.29) is 6.04 Å².